The molecule has 29 heavy (non-hydrogen) atoms. The highest BCUT2D eigenvalue weighted by molar-refractivity contribution is 9.10. The Morgan fingerprint density at radius 3 is 2.55 bits per heavy atom. The monoisotopic (exact) mass is 472 g/mol. The molecule has 0 saturated heterocycles. The maximum absolute atomic E-state index is 11.8. The summed E-state index contributed by atoms with van der Waals surface area (Å²) in [6.07, 6.45) is 1.54. The van der Waals surface area contributed by atoms with E-state index in [0.717, 1.165) is 15.6 Å². The zero-order chi connectivity index (χ0) is 20.5. The highest BCUT2D eigenvalue weighted by Crippen LogP contribution is 2.27. The van der Waals surface area contributed by atoms with Crippen molar-refractivity contribution in [2.24, 2.45) is 5.10 Å². The van der Waals surface area contributed by atoms with Crippen LogP contribution in [0.1, 0.15) is 11.1 Å². The van der Waals surface area contributed by atoms with E-state index in [0.29, 0.717) is 23.1 Å². The van der Waals surface area contributed by atoms with Crippen molar-refractivity contribution >= 4 is 39.7 Å². The third kappa shape index (κ3) is 6.62. The summed E-state index contributed by atoms with van der Waals surface area (Å²) in [6.45, 7) is 0.253. The molecule has 0 aliphatic carbocycles. The standard InChI is InChI=1S/C22H18BrClN2O3/c23-19-12-16(10-11-21(19)29-14-17-6-4-5-9-20(17)24)13-25-26-22(27)15-28-18-7-2-1-3-8-18/h1-13H,14-15H2,(H,26,27)/b25-13-. The van der Waals surface area contributed by atoms with Gasteiger partial charge in [-0.3, -0.25) is 4.79 Å². The average molecular weight is 474 g/mol. The first-order valence-corrected chi connectivity index (χ1v) is 9.94. The molecule has 0 unspecified atom stereocenters. The summed E-state index contributed by atoms with van der Waals surface area (Å²) in [5, 5.41) is 4.61. The lowest BCUT2D eigenvalue weighted by molar-refractivity contribution is -0.123. The number of hydrazone groups is 1. The van der Waals surface area contributed by atoms with Gasteiger partial charge in [-0.15, -0.1) is 0 Å². The van der Waals surface area contributed by atoms with Crippen LogP contribution in [0.4, 0.5) is 0 Å². The van der Waals surface area contributed by atoms with E-state index in [1.165, 1.54) is 0 Å². The number of hydrogen-bond donors (Lipinski definition) is 1. The Kier molecular flexibility index (Phi) is 7.67. The highest BCUT2D eigenvalue weighted by Gasteiger charge is 2.05. The maximum atomic E-state index is 11.8. The second kappa shape index (κ2) is 10.6. The molecule has 1 amide bonds. The molecule has 0 spiro atoms. The molecule has 0 bridgehead atoms. The van der Waals surface area contributed by atoms with Crippen LogP contribution in [0.5, 0.6) is 11.5 Å². The van der Waals surface area contributed by atoms with E-state index in [9.17, 15) is 4.79 Å². The Labute approximate surface area is 182 Å². The second-order valence-corrected chi connectivity index (χ2v) is 7.23. The molecule has 3 aromatic carbocycles. The third-order valence-corrected chi connectivity index (χ3v) is 4.80. The number of halogens is 2. The Bertz CT molecular complexity index is 996. The molecule has 5 nitrogen and oxygen atoms in total. The first-order valence-electron chi connectivity index (χ1n) is 8.77. The second-order valence-electron chi connectivity index (χ2n) is 5.96. The van der Waals surface area contributed by atoms with E-state index in [1.54, 1.807) is 18.3 Å². The van der Waals surface area contributed by atoms with Crippen molar-refractivity contribution in [2.45, 2.75) is 6.61 Å². The van der Waals surface area contributed by atoms with E-state index >= 15 is 0 Å². The van der Waals surface area contributed by atoms with Gasteiger partial charge in [0.1, 0.15) is 18.1 Å². The van der Waals surface area contributed by atoms with Crippen molar-refractivity contribution in [1.29, 1.82) is 0 Å². The lowest BCUT2D eigenvalue weighted by atomic mass is 10.2. The number of para-hydroxylation sites is 1. The lowest BCUT2D eigenvalue weighted by Crippen LogP contribution is -2.24. The van der Waals surface area contributed by atoms with Gasteiger partial charge in [0.2, 0.25) is 0 Å². The van der Waals surface area contributed by atoms with E-state index in [4.69, 9.17) is 21.1 Å². The molecule has 0 saturated carbocycles. The number of hydrogen-bond acceptors (Lipinski definition) is 4. The minimum Gasteiger partial charge on any atom is -0.488 e. The van der Waals surface area contributed by atoms with Crippen molar-refractivity contribution in [3.05, 3.63) is 93.4 Å². The molecule has 1 N–H and O–H groups in total. The Hall–Kier alpha value is -2.83. The van der Waals surface area contributed by atoms with Crippen molar-refractivity contribution in [2.75, 3.05) is 6.61 Å². The number of carbonyl (C=O) groups excluding carboxylic acids is 1. The SMILES string of the molecule is O=C(COc1ccccc1)N/N=C\c1ccc(OCc2ccccc2Cl)c(Br)c1. The molecular weight excluding hydrogens is 456 g/mol. The van der Waals surface area contributed by atoms with Crippen LogP contribution in [0, 0.1) is 0 Å². The average Bonchev–Trinajstić information content (AvgIpc) is 2.73. The number of carbonyl (C=O) groups is 1. The largest absolute Gasteiger partial charge is 0.488 e. The van der Waals surface area contributed by atoms with Crippen LogP contribution in [0.25, 0.3) is 0 Å². The summed E-state index contributed by atoms with van der Waals surface area (Å²) >= 11 is 9.63. The van der Waals surface area contributed by atoms with Crippen molar-refractivity contribution < 1.29 is 14.3 Å². The first-order chi connectivity index (χ1) is 14.1. The molecule has 7 heteroatoms. The summed E-state index contributed by atoms with van der Waals surface area (Å²) < 4.78 is 11.9. The quantitative estimate of drug-likeness (QED) is 0.361. The van der Waals surface area contributed by atoms with E-state index in [1.807, 2.05) is 60.7 Å². The predicted octanol–water partition coefficient (Wildman–Crippen LogP) is 5.21. The van der Waals surface area contributed by atoms with Crippen molar-refractivity contribution in [3.8, 4) is 11.5 Å². The molecule has 148 valence electrons. The van der Waals surface area contributed by atoms with Crippen LogP contribution in [-0.2, 0) is 11.4 Å². The third-order valence-electron chi connectivity index (χ3n) is 3.81. The van der Waals surface area contributed by atoms with Gasteiger partial charge in [0, 0.05) is 10.6 Å². The molecule has 0 heterocycles. The van der Waals surface area contributed by atoms with Crippen LogP contribution in [-0.4, -0.2) is 18.7 Å². The fourth-order valence-electron chi connectivity index (χ4n) is 2.36. The van der Waals surface area contributed by atoms with Gasteiger partial charge < -0.3 is 9.47 Å². The van der Waals surface area contributed by atoms with Gasteiger partial charge in [-0.2, -0.15) is 5.10 Å². The Morgan fingerprint density at radius 2 is 1.79 bits per heavy atom. The molecule has 0 radical (unpaired) electrons. The van der Waals surface area contributed by atoms with Gasteiger partial charge in [0.25, 0.3) is 5.91 Å². The topological polar surface area (TPSA) is 59.9 Å². The molecule has 0 fully saturated rings. The lowest BCUT2D eigenvalue weighted by Gasteiger charge is -2.10. The molecule has 3 rings (SSSR count). The van der Waals surface area contributed by atoms with Gasteiger partial charge in [0.05, 0.1) is 10.7 Å². The van der Waals surface area contributed by atoms with Crippen LogP contribution < -0.4 is 14.9 Å². The number of nitrogens with one attached hydrogen (secondary N) is 1. The minimum absolute atomic E-state index is 0.111. The summed E-state index contributed by atoms with van der Waals surface area (Å²) in [5.74, 6) is 0.967. The zero-order valence-electron chi connectivity index (χ0n) is 15.3. The van der Waals surface area contributed by atoms with E-state index in [2.05, 4.69) is 26.5 Å². The number of nitrogens with zero attached hydrogens (tertiary/aromatic N) is 1. The molecule has 0 aromatic heterocycles. The van der Waals surface area contributed by atoms with Crippen LogP contribution >= 0.6 is 27.5 Å². The molecule has 0 aliphatic heterocycles. The summed E-state index contributed by atoms with van der Waals surface area (Å²) in [5.41, 5.74) is 4.14. The smallest absolute Gasteiger partial charge is 0.277 e. The Morgan fingerprint density at radius 1 is 1.03 bits per heavy atom. The summed E-state index contributed by atoms with van der Waals surface area (Å²) in [4.78, 5) is 11.8. The molecule has 3 aromatic rings. The molecule has 0 atom stereocenters. The van der Waals surface area contributed by atoms with E-state index < -0.39 is 0 Å². The van der Waals surface area contributed by atoms with E-state index in [-0.39, 0.29) is 12.5 Å². The summed E-state index contributed by atoms with van der Waals surface area (Å²) in [6, 6.07) is 22.2. The number of ether oxygens (including phenoxy) is 2. The highest BCUT2D eigenvalue weighted by atomic mass is 79.9. The fourth-order valence-corrected chi connectivity index (χ4v) is 3.06. The Balaban J connectivity index is 1.49. The maximum Gasteiger partial charge on any atom is 0.277 e. The van der Waals surface area contributed by atoms with Gasteiger partial charge in [0.15, 0.2) is 6.61 Å². The summed E-state index contributed by atoms with van der Waals surface area (Å²) in [7, 11) is 0. The minimum atomic E-state index is -0.344. The van der Waals surface area contributed by atoms with Gasteiger partial charge in [-0.05, 0) is 57.9 Å². The van der Waals surface area contributed by atoms with Gasteiger partial charge >= 0.3 is 0 Å². The zero-order valence-corrected chi connectivity index (χ0v) is 17.7. The molecule has 0 aliphatic rings. The number of amides is 1. The van der Waals surface area contributed by atoms with Crippen molar-refractivity contribution in [1.82, 2.24) is 5.43 Å². The number of benzene rings is 3. The molecular formula is C22H18BrClN2O3. The van der Waals surface area contributed by atoms with Crippen LogP contribution in [0.15, 0.2) is 82.4 Å². The van der Waals surface area contributed by atoms with Gasteiger partial charge in [-0.25, -0.2) is 5.43 Å². The van der Waals surface area contributed by atoms with Crippen molar-refractivity contribution in [3.63, 3.8) is 0 Å². The van der Waals surface area contributed by atoms with Crippen LogP contribution in [0.3, 0.4) is 0 Å². The normalized spacial score (nSPS) is 10.7. The van der Waals surface area contributed by atoms with Gasteiger partial charge in [-0.1, -0.05) is 48.0 Å². The first kappa shape index (κ1) is 20.9. The van der Waals surface area contributed by atoms with Crippen LogP contribution in [0.2, 0.25) is 5.02 Å². The predicted molar refractivity (Wildman–Crippen MR) is 118 cm³/mol. The number of rotatable bonds is 8. The fraction of sp³-hybridized carbons (Fsp3) is 0.0909.